The summed E-state index contributed by atoms with van der Waals surface area (Å²) in [6, 6.07) is 14.3. The van der Waals surface area contributed by atoms with Gasteiger partial charge in [0.15, 0.2) is 0 Å². The summed E-state index contributed by atoms with van der Waals surface area (Å²) in [7, 11) is 0. The average molecular weight is 422 g/mol. The SMILES string of the molecule is CC(C)(C)NC(=O)c1ccccc1NC(=O)c1cccc(I)c1. The van der Waals surface area contributed by atoms with Crippen LogP contribution in [0.2, 0.25) is 0 Å². The Balaban J connectivity index is 2.24. The van der Waals surface area contributed by atoms with Crippen molar-refractivity contribution in [2.75, 3.05) is 5.32 Å². The van der Waals surface area contributed by atoms with E-state index in [1.165, 1.54) is 0 Å². The molecule has 5 heteroatoms. The predicted octanol–water partition coefficient (Wildman–Crippen LogP) is 4.07. The number of amides is 2. The van der Waals surface area contributed by atoms with Crippen molar-refractivity contribution in [1.82, 2.24) is 5.32 Å². The maximum absolute atomic E-state index is 12.4. The lowest BCUT2D eigenvalue weighted by molar-refractivity contribution is 0.0920. The first-order valence-corrected chi connectivity index (χ1v) is 8.32. The van der Waals surface area contributed by atoms with E-state index in [0.29, 0.717) is 16.8 Å². The topological polar surface area (TPSA) is 58.2 Å². The van der Waals surface area contributed by atoms with Crippen LogP contribution in [0.25, 0.3) is 0 Å². The lowest BCUT2D eigenvalue weighted by Gasteiger charge is -2.21. The Morgan fingerprint density at radius 3 is 2.30 bits per heavy atom. The van der Waals surface area contributed by atoms with Gasteiger partial charge >= 0.3 is 0 Å². The molecule has 0 bridgehead atoms. The van der Waals surface area contributed by atoms with E-state index >= 15 is 0 Å². The molecule has 0 aliphatic heterocycles. The highest BCUT2D eigenvalue weighted by Gasteiger charge is 2.18. The van der Waals surface area contributed by atoms with Gasteiger partial charge < -0.3 is 10.6 Å². The minimum Gasteiger partial charge on any atom is -0.347 e. The van der Waals surface area contributed by atoms with E-state index < -0.39 is 0 Å². The minimum atomic E-state index is -0.344. The van der Waals surface area contributed by atoms with E-state index in [9.17, 15) is 9.59 Å². The van der Waals surface area contributed by atoms with Gasteiger partial charge in [0, 0.05) is 14.7 Å². The van der Waals surface area contributed by atoms with Crippen molar-refractivity contribution < 1.29 is 9.59 Å². The van der Waals surface area contributed by atoms with Crippen LogP contribution in [-0.4, -0.2) is 17.4 Å². The number of hydrogen-bond acceptors (Lipinski definition) is 2. The molecule has 0 unspecified atom stereocenters. The van der Waals surface area contributed by atoms with Gasteiger partial charge in [0.25, 0.3) is 11.8 Å². The lowest BCUT2D eigenvalue weighted by Crippen LogP contribution is -2.40. The van der Waals surface area contributed by atoms with Gasteiger partial charge in [0.2, 0.25) is 0 Å². The van der Waals surface area contributed by atoms with E-state index in [4.69, 9.17) is 0 Å². The molecule has 0 aliphatic rings. The lowest BCUT2D eigenvalue weighted by atomic mass is 10.1. The van der Waals surface area contributed by atoms with Crippen molar-refractivity contribution in [1.29, 1.82) is 0 Å². The summed E-state index contributed by atoms with van der Waals surface area (Å²) < 4.78 is 0.981. The first-order valence-electron chi connectivity index (χ1n) is 7.25. The van der Waals surface area contributed by atoms with Gasteiger partial charge in [-0.1, -0.05) is 18.2 Å². The molecule has 0 atom stereocenters. The highest BCUT2D eigenvalue weighted by Crippen LogP contribution is 2.18. The predicted molar refractivity (Wildman–Crippen MR) is 101 cm³/mol. The fraction of sp³-hybridized carbons (Fsp3) is 0.222. The van der Waals surface area contributed by atoms with Crippen molar-refractivity contribution in [3.8, 4) is 0 Å². The summed E-state index contributed by atoms with van der Waals surface area (Å²) >= 11 is 2.16. The summed E-state index contributed by atoms with van der Waals surface area (Å²) in [4.78, 5) is 24.8. The van der Waals surface area contributed by atoms with Crippen LogP contribution in [-0.2, 0) is 0 Å². The summed E-state index contributed by atoms with van der Waals surface area (Å²) in [5.41, 5.74) is 1.16. The maximum atomic E-state index is 12.4. The Labute approximate surface area is 149 Å². The third kappa shape index (κ3) is 5.06. The number of halogens is 1. The maximum Gasteiger partial charge on any atom is 0.255 e. The molecule has 0 spiro atoms. The van der Waals surface area contributed by atoms with Crippen LogP contribution in [0.3, 0.4) is 0 Å². The molecule has 120 valence electrons. The summed E-state index contributed by atoms with van der Waals surface area (Å²) in [5, 5.41) is 5.72. The zero-order valence-electron chi connectivity index (χ0n) is 13.3. The molecule has 0 fully saturated rings. The van der Waals surface area contributed by atoms with Crippen LogP contribution in [0, 0.1) is 3.57 Å². The van der Waals surface area contributed by atoms with Crippen molar-refractivity contribution in [3.05, 3.63) is 63.2 Å². The Morgan fingerprint density at radius 1 is 0.957 bits per heavy atom. The zero-order chi connectivity index (χ0) is 17.0. The Bertz CT molecular complexity index is 736. The molecule has 2 N–H and O–H groups in total. The third-order valence-corrected chi connectivity index (χ3v) is 3.67. The highest BCUT2D eigenvalue weighted by molar-refractivity contribution is 14.1. The Hall–Kier alpha value is -1.89. The van der Waals surface area contributed by atoms with E-state index in [1.807, 2.05) is 32.9 Å². The van der Waals surface area contributed by atoms with Gasteiger partial charge in [0.05, 0.1) is 11.3 Å². The molecule has 23 heavy (non-hydrogen) atoms. The van der Waals surface area contributed by atoms with Gasteiger partial charge in [-0.05, 0) is 73.7 Å². The number of nitrogens with one attached hydrogen (secondary N) is 2. The molecule has 0 heterocycles. The molecule has 0 saturated carbocycles. The van der Waals surface area contributed by atoms with Crippen LogP contribution in [0.4, 0.5) is 5.69 Å². The second-order valence-corrected chi connectivity index (χ2v) is 7.46. The standard InChI is InChI=1S/C18H19IN2O2/c1-18(2,3)21-17(23)14-9-4-5-10-15(14)20-16(22)12-7-6-8-13(19)11-12/h4-11H,1-3H3,(H,20,22)(H,21,23). The molecule has 0 radical (unpaired) electrons. The first-order chi connectivity index (χ1) is 10.8. The number of carbonyl (C=O) groups is 2. The van der Waals surface area contributed by atoms with E-state index in [0.717, 1.165) is 3.57 Å². The van der Waals surface area contributed by atoms with Crippen LogP contribution >= 0.6 is 22.6 Å². The molecule has 2 amide bonds. The van der Waals surface area contributed by atoms with Gasteiger partial charge in [-0.2, -0.15) is 0 Å². The monoisotopic (exact) mass is 422 g/mol. The fourth-order valence-electron chi connectivity index (χ4n) is 2.02. The number of benzene rings is 2. The molecule has 0 saturated heterocycles. The number of anilines is 1. The van der Waals surface area contributed by atoms with E-state index in [-0.39, 0.29) is 17.4 Å². The molecule has 4 nitrogen and oxygen atoms in total. The molecule has 2 aromatic rings. The van der Waals surface area contributed by atoms with Crippen LogP contribution in [0.1, 0.15) is 41.5 Å². The smallest absolute Gasteiger partial charge is 0.255 e. The average Bonchev–Trinajstić information content (AvgIpc) is 2.46. The quantitative estimate of drug-likeness (QED) is 0.733. The molecular weight excluding hydrogens is 403 g/mol. The number of carbonyl (C=O) groups excluding carboxylic acids is 2. The van der Waals surface area contributed by atoms with Crippen LogP contribution in [0.15, 0.2) is 48.5 Å². The molecule has 2 aromatic carbocycles. The second kappa shape index (κ2) is 7.12. The van der Waals surface area contributed by atoms with Crippen molar-refractivity contribution in [3.63, 3.8) is 0 Å². The molecular formula is C18H19IN2O2. The normalized spacial score (nSPS) is 11.0. The van der Waals surface area contributed by atoms with Gasteiger partial charge in [-0.3, -0.25) is 9.59 Å². The molecule has 0 aliphatic carbocycles. The number of rotatable bonds is 3. The number of hydrogen-bond donors (Lipinski definition) is 2. The largest absolute Gasteiger partial charge is 0.347 e. The molecule has 2 rings (SSSR count). The third-order valence-electron chi connectivity index (χ3n) is 3.00. The number of para-hydroxylation sites is 1. The zero-order valence-corrected chi connectivity index (χ0v) is 15.5. The highest BCUT2D eigenvalue weighted by atomic mass is 127. The van der Waals surface area contributed by atoms with Crippen molar-refractivity contribution >= 4 is 40.1 Å². The Morgan fingerprint density at radius 2 is 1.65 bits per heavy atom. The first kappa shape index (κ1) is 17.5. The minimum absolute atomic E-state index is 0.212. The van der Waals surface area contributed by atoms with E-state index in [1.54, 1.807) is 36.4 Å². The van der Waals surface area contributed by atoms with Gasteiger partial charge in [-0.15, -0.1) is 0 Å². The van der Waals surface area contributed by atoms with Gasteiger partial charge in [-0.25, -0.2) is 0 Å². The van der Waals surface area contributed by atoms with E-state index in [2.05, 4.69) is 33.2 Å². The Kier molecular flexibility index (Phi) is 5.41. The fourth-order valence-corrected chi connectivity index (χ4v) is 2.57. The van der Waals surface area contributed by atoms with Gasteiger partial charge in [0.1, 0.15) is 0 Å². The van der Waals surface area contributed by atoms with Crippen molar-refractivity contribution in [2.45, 2.75) is 26.3 Å². The van der Waals surface area contributed by atoms with Crippen molar-refractivity contribution in [2.24, 2.45) is 0 Å². The van der Waals surface area contributed by atoms with Crippen LogP contribution in [0.5, 0.6) is 0 Å². The summed E-state index contributed by atoms with van der Waals surface area (Å²) in [6.07, 6.45) is 0. The summed E-state index contributed by atoms with van der Waals surface area (Å²) in [5.74, 6) is -0.449. The van der Waals surface area contributed by atoms with Crippen LogP contribution < -0.4 is 10.6 Å². The second-order valence-electron chi connectivity index (χ2n) is 6.21. The summed E-state index contributed by atoms with van der Waals surface area (Å²) in [6.45, 7) is 5.74. The molecule has 0 aromatic heterocycles.